The molecule has 2 aromatic carbocycles. The molecule has 11 heteroatoms. The number of nitro benzene ring substituents is 1. The van der Waals surface area contributed by atoms with Gasteiger partial charge in [-0.1, -0.05) is 12.1 Å². The van der Waals surface area contributed by atoms with Crippen molar-refractivity contribution >= 4 is 29.2 Å². The second-order valence-electron chi connectivity index (χ2n) is 6.87. The summed E-state index contributed by atoms with van der Waals surface area (Å²) in [6.07, 6.45) is 0. The summed E-state index contributed by atoms with van der Waals surface area (Å²) < 4.78 is 10.3. The number of imide groups is 1. The number of carbonyl (C=O) groups excluding carboxylic acids is 3. The first kappa shape index (κ1) is 21.6. The zero-order valence-electron chi connectivity index (χ0n) is 17.0. The smallest absolute Gasteiger partial charge is 0.325 e. The molecule has 2 N–H and O–H groups in total. The predicted molar refractivity (Wildman–Crippen MR) is 109 cm³/mol. The number of hydrogen-bond donors (Lipinski definition) is 2. The van der Waals surface area contributed by atoms with Crippen molar-refractivity contribution in [3.63, 3.8) is 0 Å². The van der Waals surface area contributed by atoms with Gasteiger partial charge in [-0.25, -0.2) is 4.79 Å². The molecule has 1 atom stereocenters. The largest absolute Gasteiger partial charge is 0.497 e. The van der Waals surface area contributed by atoms with Crippen molar-refractivity contribution < 1.29 is 28.8 Å². The second-order valence-corrected chi connectivity index (χ2v) is 6.87. The van der Waals surface area contributed by atoms with Crippen molar-refractivity contribution in [3.05, 3.63) is 58.1 Å². The number of hydrogen-bond acceptors (Lipinski definition) is 7. The van der Waals surface area contributed by atoms with Crippen LogP contribution in [0.2, 0.25) is 0 Å². The Hall–Kier alpha value is -4.15. The number of carbonyl (C=O) groups is 3. The topological polar surface area (TPSA) is 140 Å². The molecule has 1 aliphatic heterocycles. The van der Waals surface area contributed by atoms with Crippen LogP contribution >= 0.6 is 0 Å². The number of ether oxygens (including phenoxy) is 2. The minimum absolute atomic E-state index is 0.219. The van der Waals surface area contributed by atoms with Crippen molar-refractivity contribution in [1.29, 1.82) is 0 Å². The Kier molecular flexibility index (Phi) is 5.77. The van der Waals surface area contributed by atoms with Crippen molar-refractivity contribution in [1.82, 2.24) is 10.2 Å². The molecule has 4 amide bonds. The highest BCUT2D eigenvalue weighted by atomic mass is 16.6. The number of nitro groups is 1. The van der Waals surface area contributed by atoms with Crippen LogP contribution in [0, 0.1) is 10.1 Å². The first-order valence-electron chi connectivity index (χ1n) is 9.10. The second kappa shape index (κ2) is 8.30. The fourth-order valence-corrected chi connectivity index (χ4v) is 3.20. The summed E-state index contributed by atoms with van der Waals surface area (Å²) >= 11 is 0. The van der Waals surface area contributed by atoms with Crippen LogP contribution in [0.25, 0.3) is 0 Å². The highest BCUT2D eigenvalue weighted by molar-refractivity contribution is 6.10. The van der Waals surface area contributed by atoms with Crippen molar-refractivity contribution in [2.75, 3.05) is 26.1 Å². The lowest BCUT2D eigenvalue weighted by atomic mass is 9.91. The van der Waals surface area contributed by atoms with E-state index in [0.29, 0.717) is 17.2 Å². The maximum Gasteiger partial charge on any atom is 0.325 e. The number of anilines is 1. The van der Waals surface area contributed by atoms with E-state index in [9.17, 15) is 24.5 Å². The van der Waals surface area contributed by atoms with Gasteiger partial charge in [0, 0.05) is 18.2 Å². The first-order chi connectivity index (χ1) is 14.7. The Labute approximate surface area is 177 Å². The molecule has 31 heavy (non-hydrogen) atoms. The van der Waals surface area contributed by atoms with E-state index in [-0.39, 0.29) is 11.3 Å². The van der Waals surface area contributed by atoms with Gasteiger partial charge in [0.05, 0.1) is 24.8 Å². The molecular weight excluding hydrogens is 408 g/mol. The van der Waals surface area contributed by atoms with E-state index in [4.69, 9.17) is 9.47 Å². The summed E-state index contributed by atoms with van der Waals surface area (Å²) in [4.78, 5) is 49.1. The van der Waals surface area contributed by atoms with E-state index in [1.54, 1.807) is 18.2 Å². The minimum atomic E-state index is -1.54. The highest BCUT2D eigenvalue weighted by Gasteiger charge is 2.49. The summed E-state index contributed by atoms with van der Waals surface area (Å²) in [5.41, 5.74) is -1.19. The van der Waals surface area contributed by atoms with E-state index < -0.39 is 34.9 Å². The molecule has 0 spiro atoms. The van der Waals surface area contributed by atoms with E-state index in [1.165, 1.54) is 45.4 Å². The maximum atomic E-state index is 13.0. The van der Waals surface area contributed by atoms with Gasteiger partial charge < -0.3 is 20.1 Å². The van der Waals surface area contributed by atoms with Gasteiger partial charge in [0.25, 0.3) is 11.6 Å². The number of nitrogens with one attached hydrogen (secondary N) is 2. The zero-order valence-corrected chi connectivity index (χ0v) is 17.0. The highest BCUT2D eigenvalue weighted by Crippen LogP contribution is 2.32. The molecule has 1 aliphatic rings. The SMILES string of the molecule is COc1ccc(NC(=O)CN2C(=O)NC(C)(c3cccc([N+](=O)[O-])c3)C2=O)c(OC)c1. The van der Waals surface area contributed by atoms with Gasteiger partial charge in [-0.3, -0.25) is 24.6 Å². The van der Waals surface area contributed by atoms with E-state index >= 15 is 0 Å². The number of rotatable bonds is 7. The Morgan fingerprint density at radius 1 is 1.19 bits per heavy atom. The third-order valence-corrected chi connectivity index (χ3v) is 4.89. The average Bonchev–Trinajstić information content (AvgIpc) is 2.98. The number of nitrogens with zero attached hydrogens (tertiary/aromatic N) is 2. The molecule has 3 rings (SSSR count). The summed E-state index contributed by atoms with van der Waals surface area (Å²) in [5, 5.41) is 16.1. The minimum Gasteiger partial charge on any atom is -0.497 e. The number of amides is 4. The van der Waals surface area contributed by atoms with Crippen LogP contribution in [0.1, 0.15) is 12.5 Å². The zero-order chi connectivity index (χ0) is 22.8. The molecule has 1 saturated heterocycles. The number of methoxy groups -OCH3 is 2. The molecule has 11 nitrogen and oxygen atoms in total. The Balaban J connectivity index is 1.78. The van der Waals surface area contributed by atoms with Crippen LogP contribution in [-0.4, -0.2) is 48.4 Å². The lowest BCUT2D eigenvalue weighted by molar-refractivity contribution is -0.385. The summed E-state index contributed by atoms with van der Waals surface area (Å²) in [5.74, 6) is -0.465. The van der Waals surface area contributed by atoms with Crippen LogP contribution in [-0.2, 0) is 15.1 Å². The maximum absolute atomic E-state index is 13.0. The quantitative estimate of drug-likeness (QED) is 0.390. The standard InChI is InChI=1S/C20H20N4O7/c1-20(12-5-4-6-13(9-12)24(28)29)18(26)23(19(27)22-20)11-17(25)21-15-8-7-14(30-2)10-16(15)31-3/h4-10H,11H2,1-3H3,(H,21,25)(H,22,27). The van der Waals surface area contributed by atoms with Gasteiger partial charge in [-0.15, -0.1) is 0 Å². The van der Waals surface area contributed by atoms with Crippen LogP contribution in [0.4, 0.5) is 16.2 Å². The van der Waals surface area contributed by atoms with Crippen molar-refractivity contribution in [3.8, 4) is 11.5 Å². The molecule has 2 aromatic rings. The number of non-ortho nitro benzene ring substituents is 1. The molecule has 1 fully saturated rings. The van der Waals surface area contributed by atoms with Crippen LogP contribution < -0.4 is 20.1 Å². The van der Waals surface area contributed by atoms with E-state index in [1.807, 2.05) is 0 Å². The molecule has 0 aromatic heterocycles. The van der Waals surface area contributed by atoms with E-state index in [0.717, 1.165) is 4.90 Å². The molecule has 162 valence electrons. The summed E-state index contributed by atoms with van der Waals surface area (Å²) in [6.45, 7) is 0.876. The molecular formula is C20H20N4O7. The van der Waals surface area contributed by atoms with Gasteiger partial charge in [-0.2, -0.15) is 0 Å². The lowest BCUT2D eigenvalue weighted by Gasteiger charge is -2.22. The Morgan fingerprint density at radius 2 is 1.94 bits per heavy atom. The molecule has 0 aliphatic carbocycles. The number of urea groups is 1. The predicted octanol–water partition coefficient (Wildman–Crippen LogP) is 2.02. The van der Waals surface area contributed by atoms with Gasteiger partial charge in [0.1, 0.15) is 23.6 Å². The fourth-order valence-electron chi connectivity index (χ4n) is 3.20. The normalized spacial score (nSPS) is 17.8. The van der Waals surface area contributed by atoms with E-state index in [2.05, 4.69) is 10.6 Å². The molecule has 0 radical (unpaired) electrons. The van der Waals surface area contributed by atoms with Crippen molar-refractivity contribution in [2.45, 2.75) is 12.5 Å². The third kappa shape index (κ3) is 4.10. The van der Waals surface area contributed by atoms with Crippen molar-refractivity contribution in [2.24, 2.45) is 0 Å². The van der Waals surface area contributed by atoms with Crippen LogP contribution in [0.3, 0.4) is 0 Å². The van der Waals surface area contributed by atoms with Gasteiger partial charge in [0.15, 0.2) is 0 Å². The fraction of sp³-hybridized carbons (Fsp3) is 0.250. The summed E-state index contributed by atoms with van der Waals surface area (Å²) in [7, 11) is 2.91. The molecule has 0 saturated carbocycles. The van der Waals surface area contributed by atoms with Crippen LogP contribution in [0.5, 0.6) is 11.5 Å². The first-order valence-corrected chi connectivity index (χ1v) is 9.10. The molecule has 1 heterocycles. The number of benzene rings is 2. The van der Waals surface area contributed by atoms with Gasteiger partial charge >= 0.3 is 6.03 Å². The van der Waals surface area contributed by atoms with Gasteiger partial charge in [0.2, 0.25) is 5.91 Å². The summed E-state index contributed by atoms with van der Waals surface area (Å²) in [6, 6.07) is 9.38. The lowest BCUT2D eigenvalue weighted by Crippen LogP contribution is -2.42. The molecule has 0 bridgehead atoms. The Bertz CT molecular complexity index is 1070. The van der Waals surface area contributed by atoms with Gasteiger partial charge in [-0.05, 0) is 24.6 Å². The molecule has 1 unspecified atom stereocenters. The van der Waals surface area contributed by atoms with Crippen LogP contribution in [0.15, 0.2) is 42.5 Å². The average molecular weight is 428 g/mol. The monoisotopic (exact) mass is 428 g/mol. The third-order valence-electron chi connectivity index (χ3n) is 4.89. The Morgan fingerprint density at radius 3 is 2.58 bits per heavy atom.